The SMILES string of the molecule is Cc1nc2cc(CC(=O)N[C@H]3CN4CCC3CC4)ccc2o1. The fraction of sp³-hybridized carbons (Fsp3) is 0.529. The Morgan fingerprint density at radius 3 is 2.95 bits per heavy atom. The van der Waals surface area contributed by atoms with Crippen molar-refractivity contribution in [3.05, 3.63) is 29.7 Å². The highest BCUT2D eigenvalue weighted by Crippen LogP contribution is 2.27. The quantitative estimate of drug-likeness (QED) is 0.940. The van der Waals surface area contributed by atoms with E-state index in [-0.39, 0.29) is 5.91 Å². The predicted molar refractivity (Wildman–Crippen MR) is 83.5 cm³/mol. The van der Waals surface area contributed by atoms with Gasteiger partial charge in [-0.25, -0.2) is 4.98 Å². The van der Waals surface area contributed by atoms with Crippen molar-refractivity contribution in [3.8, 4) is 0 Å². The summed E-state index contributed by atoms with van der Waals surface area (Å²) in [5.41, 5.74) is 2.59. The maximum atomic E-state index is 12.3. The molecule has 4 heterocycles. The third kappa shape index (κ3) is 2.61. The number of aromatic nitrogens is 1. The molecule has 3 saturated heterocycles. The van der Waals surface area contributed by atoms with Gasteiger partial charge in [-0.1, -0.05) is 6.07 Å². The number of hydrogen-bond donors (Lipinski definition) is 1. The summed E-state index contributed by atoms with van der Waals surface area (Å²) in [4.78, 5) is 19.1. The zero-order chi connectivity index (χ0) is 15.1. The van der Waals surface area contributed by atoms with Gasteiger partial charge in [0.2, 0.25) is 5.91 Å². The number of piperidine rings is 3. The van der Waals surface area contributed by atoms with Crippen molar-refractivity contribution in [1.82, 2.24) is 15.2 Å². The van der Waals surface area contributed by atoms with Gasteiger partial charge in [-0.05, 0) is 49.5 Å². The summed E-state index contributed by atoms with van der Waals surface area (Å²) in [7, 11) is 0. The van der Waals surface area contributed by atoms with Gasteiger partial charge in [-0.15, -0.1) is 0 Å². The molecule has 5 nitrogen and oxygen atoms in total. The fourth-order valence-electron chi connectivity index (χ4n) is 3.77. The van der Waals surface area contributed by atoms with Gasteiger partial charge in [0.25, 0.3) is 0 Å². The van der Waals surface area contributed by atoms with E-state index in [1.807, 2.05) is 25.1 Å². The summed E-state index contributed by atoms with van der Waals surface area (Å²) < 4.78 is 5.47. The van der Waals surface area contributed by atoms with E-state index >= 15 is 0 Å². The molecule has 5 heteroatoms. The Bertz CT molecular complexity index is 701. The summed E-state index contributed by atoms with van der Waals surface area (Å²) in [5, 5.41) is 3.23. The van der Waals surface area contributed by atoms with Crippen LogP contribution in [-0.4, -0.2) is 41.5 Å². The van der Waals surface area contributed by atoms with Gasteiger partial charge in [0.05, 0.1) is 6.42 Å². The van der Waals surface area contributed by atoms with Crippen LogP contribution >= 0.6 is 0 Å². The second-order valence-corrected chi connectivity index (χ2v) is 6.52. The van der Waals surface area contributed by atoms with E-state index in [9.17, 15) is 4.79 Å². The van der Waals surface area contributed by atoms with Crippen LogP contribution in [0.1, 0.15) is 24.3 Å². The first kappa shape index (κ1) is 13.8. The molecule has 2 aromatic rings. The maximum Gasteiger partial charge on any atom is 0.224 e. The molecule has 3 aliphatic rings. The van der Waals surface area contributed by atoms with Crippen LogP contribution in [0.5, 0.6) is 0 Å². The molecular formula is C17H21N3O2. The van der Waals surface area contributed by atoms with Crippen molar-refractivity contribution in [1.29, 1.82) is 0 Å². The highest BCUT2D eigenvalue weighted by Gasteiger charge is 2.34. The number of aryl methyl sites for hydroxylation is 1. The van der Waals surface area contributed by atoms with Crippen LogP contribution in [0.4, 0.5) is 0 Å². The molecule has 0 radical (unpaired) electrons. The number of nitrogens with one attached hydrogen (secondary N) is 1. The predicted octanol–water partition coefficient (Wildman–Crippen LogP) is 1.89. The smallest absolute Gasteiger partial charge is 0.224 e. The third-order valence-electron chi connectivity index (χ3n) is 4.93. The number of benzene rings is 1. The second-order valence-electron chi connectivity index (χ2n) is 6.52. The molecule has 0 aliphatic carbocycles. The van der Waals surface area contributed by atoms with Crippen molar-refractivity contribution in [2.75, 3.05) is 19.6 Å². The van der Waals surface area contributed by atoms with Crippen LogP contribution in [0, 0.1) is 12.8 Å². The van der Waals surface area contributed by atoms with Gasteiger partial charge in [-0.3, -0.25) is 4.79 Å². The number of fused-ring (bicyclic) bond motifs is 4. The lowest BCUT2D eigenvalue weighted by Gasteiger charge is -2.44. The minimum Gasteiger partial charge on any atom is -0.441 e. The molecule has 0 saturated carbocycles. The van der Waals surface area contributed by atoms with E-state index in [4.69, 9.17) is 4.42 Å². The van der Waals surface area contributed by atoms with Crippen LogP contribution in [-0.2, 0) is 11.2 Å². The number of amides is 1. The van der Waals surface area contributed by atoms with Crippen LogP contribution in [0.25, 0.3) is 11.1 Å². The highest BCUT2D eigenvalue weighted by atomic mass is 16.3. The largest absolute Gasteiger partial charge is 0.441 e. The van der Waals surface area contributed by atoms with Crippen LogP contribution in [0.2, 0.25) is 0 Å². The topological polar surface area (TPSA) is 58.4 Å². The lowest BCUT2D eigenvalue weighted by molar-refractivity contribution is -0.122. The highest BCUT2D eigenvalue weighted by molar-refractivity contribution is 5.81. The first-order valence-electron chi connectivity index (χ1n) is 8.05. The lowest BCUT2D eigenvalue weighted by atomic mass is 9.84. The Morgan fingerprint density at radius 1 is 1.41 bits per heavy atom. The average molecular weight is 299 g/mol. The molecule has 1 aromatic heterocycles. The van der Waals surface area contributed by atoms with Gasteiger partial charge < -0.3 is 14.6 Å². The summed E-state index contributed by atoms with van der Waals surface area (Å²) in [6.07, 6.45) is 2.84. The fourth-order valence-corrected chi connectivity index (χ4v) is 3.77. The van der Waals surface area contributed by atoms with Crippen LogP contribution in [0.15, 0.2) is 22.6 Å². The lowest BCUT2D eigenvalue weighted by Crippen LogP contribution is -2.57. The molecule has 0 spiro atoms. The molecule has 116 valence electrons. The summed E-state index contributed by atoms with van der Waals surface area (Å²) in [6, 6.07) is 6.12. The van der Waals surface area contributed by atoms with E-state index in [2.05, 4.69) is 15.2 Å². The molecule has 3 aliphatic heterocycles. The van der Waals surface area contributed by atoms with Gasteiger partial charge >= 0.3 is 0 Å². The standard InChI is InChI=1S/C17H21N3O2/c1-11-18-14-8-12(2-3-16(14)22-11)9-17(21)19-15-10-20-6-4-13(15)5-7-20/h2-3,8,13,15H,4-7,9-10H2,1H3,(H,19,21)/t15-/m0/s1. The van der Waals surface area contributed by atoms with E-state index in [0.29, 0.717) is 24.3 Å². The normalized spacial score (nSPS) is 27.2. The molecule has 5 rings (SSSR count). The Hall–Kier alpha value is -1.88. The number of carbonyl (C=O) groups is 1. The van der Waals surface area contributed by atoms with E-state index in [1.165, 1.54) is 25.9 Å². The molecule has 1 amide bonds. The maximum absolute atomic E-state index is 12.3. The van der Waals surface area contributed by atoms with Gasteiger partial charge in [0.15, 0.2) is 11.5 Å². The van der Waals surface area contributed by atoms with Crippen molar-refractivity contribution < 1.29 is 9.21 Å². The molecule has 3 fully saturated rings. The molecule has 1 atom stereocenters. The molecule has 2 bridgehead atoms. The van der Waals surface area contributed by atoms with Crippen molar-refractivity contribution >= 4 is 17.0 Å². The second kappa shape index (κ2) is 5.39. The van der Waals surface area contributed by atoms with Crippen LogP contribution in [0.3, 0.4) is 0 Å². The summed E-state index contributed by atoms with van der Waals surface area (Å²) in [6.45, 7) is 5.23. The van der Waals surface area contributed by atoms with Crippen molar-refractivity contribution in [2.24, 2.45) is 5.92 Å². The minimum absolute atomic E-state index is 0.110. The van der Waals surface area contributed by atoms with Crippen molar-refractivity contribution in [3.63, 3.8) is 0 Å². The Morgan fingerprint density at radius 2 is 2.23 bits per heavy atom. The zero-order valence-electron chi connectivity index (χ0n) is 12.8. The van der Waals surface area contributed by atoms with Crippen molar-refractivity contribution in [2.45, 2.75) is 32.2 Å². The number of nitrogens with zero attached hydrogens (tertiary/aromatic N) is 2. The summed E-state index contributed by atoms with van der Waals surface area (Å²) in [5.74, 6) is 1.43. The monoisotopic (exact) mass is 299 g/mol. The van der Waals surface area contributed by atoms with E-state index < -0.39 is 0 Å². The van der Waals surface area contributed by atoms with Crippen LogP contribution < -0.4 is 5.32 Å². The third-order valence-corrected chi connectivity index (χ3v) is 4.93. The summed E-state index contributed by atoms with van der Waals surface area (Å²) >= 11 is 0. The molecule has 0 unspecified atom stereocenters. The molecule has 1 N–H and O–H groups in total. The number of oxazole rings is 1. The van der Waals surface area contributed by atoms with Gasteiger partial charge in [-0.2, -0.15) is 0 Å². The first-order chi connectivity index (χ1) is 10.7. The number of hydrogen-bond acceptors (Lipinski definition) is 4. The Kier molecular flexibility index (Phi) is 3.37. The van der Waals surface area contributed by atoms with E-state index in [0.717, 1.165) is 23.2 Å². The zero-order valence-corrected chi connectivity index (χ0v) is 12.8. The molecule has 1 aromatic carbocycles. The first-order valence-corrected chi connectivity index (χ1v) is 8.05. The van der Waals surface area contributed by atoms with Gasteiger partial charge in [0.1, 0.15) is 5.52 Å². The van der Waals surface area contributed by atoms with E-state index in [1.54, 1.807) is 0 Å². The Balaban J connectivity index is 1.42. The number of rotatable bonds is 3. The minimum atomic E-state index is 0.110. The molecule has 22 heavy (non-hydrogen) atoms. The van der Waals surface area contributed by atoms with Gasteiger partial charge in [0, 0.05) is 19.5 Å². The number of carbonyl (C=O) groups excluding carboxylic acids is 1. The molecular weight excluding hydrogens is 278 g/mol. The average Bonchev–Trinajstić information content (AvgIpc) is 2.87. The Labute approximate surface area is 129 Å².